The van der Waals surface area contributed by atoms with Crippen molar-refractivity contribution in [1.29, 1.82) is 0 Å². The molecule has 2 aliphatic rings. The van der Waals surface area contributed by atoms with Crippen LogP contribution in [0.2, 0.25) is 0 Å². The van der Waals surface area contributed by atoms with E-state index in [1.807, 2.05) is 13.0 Å². The van der Waals surface area contributed by atoms with E-state index < -0.39 is 23.6 Å². The Labute approximate surface area is 154 Å². The van der Waals surface area contributed by atoms with Crippen molar-refractivity contribution in [2.45, 2.75) is 31.5 Å². The second kappa shape index (κ2) is 6.48. The molecule has 0 unspecified atom stereocenters. The van der Waals surface area contributed by atoms with Crippen LogP contribution in [0.25, 0.3) is 0 Å². The zero-order valence-electron chi connectivity index (χ0n) is 14.5. The van der Waals surface area contributed by atoms with E-state index in [0.717, 1.165) is 11.6 Å². The van der Waals surface area contributed by atoms with Crippen molar-refractivity contribution in [1.82, 2.24) is 5.32 Å². The third-order valence-corrected chi connectivity index (χ3v) is 5.05. The normalized spacial score (nSPS) is 21.6. The SMILES string of the molecule is C[C@H](NC(=O)[C@H]1C[C@H]1c1ccccc1C(F)(F)F)c1ccc2c(c1)OCO2. The van der Waals surface area contributed by atoms with Gasteiger partial charge in [0.1, 0.15) is 0 Å². The van der Waals surface area contributed by atoms with E-state index in [-0.39, 0.29) is 24.3 Å². The maximum Gasteiger partial charge on any atom is 0.416 e. The molecule has 4 nitrogen and oxygen atoms in total. The highest BCUT2D eigenvalue weighted by Crippen LogP contribution is 2.51. The Morgan fingerprint density at radius 1 is 1.15 bits per heavy atom. The first kappa shape index (κ1) is 17.7. The molecular weight excluding hydrogens is 359 g/mol. The molecule has 0 bridgehead atoms. The number of carbonyl (C=O) groups is 1. The molecule has 142 valence electrons. The second-order valence-corrected chi connectivity index (χ2v) is 6.88. The fourth-order valence-electron chi connectivity index (χ4n) is 3.49. The lowest BCUT2D eigenvalue weighted by Gasteiger charge is -2.16. The van der Waals surface area contributed by atoms with E-state index in [1.165, 1.54) is 12.1 Å². The summed E-state index contributed by atoms with van der Waals surface area (Å²) < 4.78 is 50.1. The number of fused-ring (bicyclic) bond motifs is 1. The first-order valence-corrected chi connectivity index (χ1v) is 8.70. The van der Waals surface area contributed by atoms with Gasteiger partial charge in [-0.05, 0) is 48.6 Å². The molecule has 2 aromatic rings. The predicted octanol–water partition coefficient (Wildman–Crippen LogP) is 4.42. The largest absolute Gasteiger partial charge is 0.454 e. The number of hydrogen-bond acceptors (Lipinski definition) is 3. The third kappa shape index (κ3) is 3.46. The Morgan fingerprint density at radius 2 is 1.89 bits per heavy atom. The number of ether oxygens (including phenoxy) is 2. The summed E-state index contributed by atoms with van der Waals surface area (Å²) >= 11 is 0. The first-order valence-electron chi connectivity index (χ1n) is 8.70. The van der Waals surface area contributed by atoms with Gasteiger partial charge < -0.3 is 14.8 Å². The fraction of sp³-hybridized carbons (Fsp3) is 0.350. The van der Waals surface area contributed by atoms with Crippen LogP contribution in [0.1, 0.15) is 42.0 Å². The standard InChI is InChI=1S/C20H18F3NO3/c1-11(12-6-7-17-18(8-12)27-10-26-17)24-19(25)15-9-14(15)13-4-2-3-5-16(13)20(21,22)23/h2-8,11,14-15H,9-10H2,1H3,(H,24,25)/t11-,14-,15-/m0/s1. The van der Waals surface area contributed by atoms with Gasteiger partial charge in [-0.25, -0.2) is 0 Å². The van der Waals surface area contributed by atoms with Gasteiger partial charge >= 0.3 is 6.18 Å². The summed E-state index contributed by atoms with van der Waals surface area (Å²) in [5.74, 6) is 0.208. The lowest BCUT2D eigenvalue weighted by Crippen LogP contribution is -2.28. The number of amides is 1. The minimum atomic E-state index is -4.42. The molecule has 1 heterocycles. The minimum absolute atomic E-state index is 0.169. The van der Waals surface area contributed by atoms with Gasteiger partial charge in [-0.2, -0.15) is 13.2 Å². The summed E-state index contributed by atoms with van der Waals surface area (Å²) in [4.78, 5) is 12.5. The van der Waals surface area contributed by atoms with Gasteiger partial charge in [0.2, 0.25) is 12.7 Å². The monoisotopic (exact) mass is 377 g/mol. The Kier molecular flexibility index (Phi) is 4.25. The molecule has 0 radical (unpaired) electrons. The summed E-state index contributed by atoms with van der Waals surface area (Å²) in [6.07, 6.45) is -3.99. The lowest BCUT2D eigenvalue weighted by atomic mass is 10.0. The highest BCUT2D eigenvalue weighted by molar-refractivity contribution is 5.83. The minimum Gasteiger partial charge on any atom is -0.454 e. The van der Waals surface area contributed by atoms with Gasteiger partial charge in [-0.1, -0.05) is 24.3 Å². The number of rotatable bonds is 4. The highest BCUT2D eigenvalue weighted by Gasteiger charge is 2.48. The van der Waals surface area contributed by atoms with Crippen molar-refractivity contribution < 1.29 is 27.4 Å². The predicted molar refractivity (Wildman–Crippen MR) is 91.4 cm³/mol. The summed E-state index contributed by atoms with van der Waals surface area (Å²) in [5.41, 5.74) is 0.385. The Balaban J connectivity index is 1.44. The fourth-order valence-corrected chi connectivity index (χ4v) is 3.49. The van der Waals surface area contributed by atoms with E-state index in [1.54, 1.807) is 18.2 Å². The van der Waals surface area contributed by atoms with Crippen LogP contribution in [0.5, 0.6) is 11.5 Å². The van der Waals surface area contributed by atoms with E-state index in [0.29, 0.717) is 17.9 Å². The molecule has 1 amide bonds. The maximum atomic E-state index is 13.2. The van der Waals surface area contributed by atoms with Crippen LogP contribution in [0.4, 0.5) is 13.2 Å². The van der Waals surface area contributed by atoms with Crippen molar-refractivity contribution >= 4 is 5.91 Å². The van der Waals surface area contributed by atoms with Crippen LogP contribution in [0.3, 0.4) is 0 Å². The van der Waals surface area contributed by atoms with Crippen LogP contribution in [0.15, 0.2) is 42.5 Å². The molecule has 0 saturated heterocycles. The lowest BCUT2D eigenvalue weighted by molar-refractivity contribution is -0.138. The Hall–Kier alpha value is -2.70. The van der Waals surface area contributed by atoms with E-state index in [9.17, 15) is 18.0 Å². The maximum absolute atomic E-state index is 13.2. The van der Waals surface area contributed by atoms with Crippen LogP contribution in [-0.2, 0) is 11.0 Å². The third-order valence-electron chi connectivity index (χ3n) is 5.05. The summed E-state index contributed by atoms with van der Waals surface area (Å²) in [6.45, 7) is 2.00. The molecule has 0 spiro atoms. The van der Waals surface area contributed by atoms with E-state index >= 15 is 0 Å². The quantitative estimate of drug-likeness (QED) is 0.858. The van der Waals surface area contributed by atoms with Crippen molar-refractivity contribution in [2.75, 3.05) is 6.79 Å². The summed E-state index contributed by atoms with van der Waals surface area (Å²) in [7, 11) is 0. The van der Waals surface area contributed by atoms with E-state index in [4.69, 9.17) is 9.47 Å². The van der Waals surface area contributed by atoms with Gasteiger partial charge in [-0.15, -0.1) is 0 Å². The Morgan fingerprint density at radius 3 is 2.67 bits per heavy atom. The summed E-state index contributed by atoms with van der Waals surface area (Å²) in [6, 6.07) is 10.6. The molecule has 3 atom stereocenters. The summed E-state index contributed by atoms with van der Waals surface area (Å²) in [5, 5.41) is 2.89. The van der Waals surface area contributed by atoms with Crippen molar-refractivity contribution in [3.8, 4) is 11.5 Å². The average molecular weight is 377 g/mol. The zero-order chi connectivity index (χ0) is 19.2. The number of nitrogens with one attached hydrogen (secondary N) is 1. The first-order chi connectivity index (χ1) is 12.8. The number of carbonyl (C=O) groups excluding carboxylic acids is 1. The number of benzene rings is 2. The molecule has 1 N–H and O–H groups in total. The molecule has 0 aromatic heterocycles. The molecule has 1 fully saturated rings. The molecule has 1 aliphatic heterocycles. The Bertz CT molecular complexity index is 881. The van der Waals surface area contributed by atoms with Crippen molar-refractivity contribution in [2.24, 2.45) is 5.92 Å². The number of alkyl halides is 3. The molecular formula is C20H18F3NO3. The smallest absolute Gasteiger partial charge is 0.416 e. The molecule has 2 aromatic carbocycles. The van der Waals surface area contributed by atoms with Crippen LogP contribution >= 0.6 is 0 Å². The second-order valence-electron chi connectivity index (χ2n) is 6.88. The zero-order valence-corrected chi connectivity index (χ0v) is 14.5. The number of halogens is 3. The van der Waals surface area contributed by atoms with Gasteiger partial charge in [0.25, 0.3) is 0 Å². The number of hydrogen-bond donors (Lipinski definition) is 1. The van der Waals surface area contributed by atoms with Gasteiger partial charge in [0.15, 0.2) is 11.5 Å². The van der Waals surface area contributed by atoms with Crippen LogP contribution in [0, 0.1) is 5.92 Å². The van der Waals surface area contributed by atoms with Gasteiger partial charge in [0, 0.05) is 5.92 Å². The van der Waals surface area contributed by atoms with Gasteiger partial charge in [-0.3, -0.25) is 4.79 Å². The average Bonchev–Trinajstić information content (AvgIpc) is 3.30. The highest BCUT2D eigenvalue weighted by atomic mass is 19.4. The molecule has 27 heavy (non-hydrogen) atoms. The molecule has 4 rings (SSSR count). The van der Waals surface area contributed by atoms with Crippen molar-refractivity contribution in [3.63, 3.8) is 0 Å². The molecule has 7 heteroatoms. The van der Waals surface area contributed by atoms with Crippen LogP contribution in [-0.4, -0.2) is 12.7 Å². The van der Waals surface area contributed by atoms with Crippen LogP contribution < -0.4 is 14.8 Å². The molecule has 1 saturated carbocycles. The topological polar surface area (TPSA) is 47.6 Å². The van der Waals surface area contributed by atoms with Crippen molar-refractivity contribution in [3.05, 3.63) is 59.2 Å². The molecule has 1 aliphatic carbocycles. The van der Waals surface area contributed by atoms with Gasteiger partial charge in [0.05, 0.1) is 11.6 Å². The van der Waals surface area contributed by atoms with E-state index in [2.05, 4.69) is 5.32 Å².